The second kappa shape index (κ2) is 10.7. The van der Waals surface area contributed by atoms with Crippen molar-refractivity contribution in [3.8, 4) is 0 Å². The Kier molecular flexibility index (Phi) is 7.33. The highest BCUT2D eigenvalue weighted by Crippen LogP contribution is 2.27. The van der Waals surface area contributed by atoms with Gasteiger partial charge in [0, 0.05) is 18.8 Å². The van der Waals surface area contributed by atoms with E-state index in [2.05, 4.69) is 0 Å². The molecule has 1 fully saturated rings. The molecule has 0 radical (unpaired) electrons. The lowest BCUT2D eigenvalue weighted by atomic mass is 10.0. The summed E-state index contributed by atoms with van der Waals surface area (Å²) < 4.78 is 28.1. The molecule has 3 aromatic rings. The smallest absolute Gasteiger partial charge is 0.311 e. The lowest BCUT2D eigenvalue weighted by Crippen LogP contribution is -2.44. The van der Waals surface area contributed by atoms with Crippen molar-refractivity contribution < 1.29 is 13.2 Å². The van der Waals surface area contributed by atoms with Gasteiger partial charge in [0.05, 0.1) is 21.9 Å². The van der Waals surface area contributed by atoms with Crippen molar-refractivity contribution in [3.05, 3.63) is 74.9 Å². The van der Waals surface area contributed by atoms with Gasteiger partial charge in [0.2, 0.25) is 5.91 Å². The Morgan fingerprint density at radius 3 is 2.43 bits per heavy atom. The topological polar surface area (TPSA) is 98.5 Å². The zero-order valence-corrected chi connectivity index (χ0v) is 21.8. The van der Waals surface area contributed by atoms with Gasteiger partial charge in [-0.1, -0.05) is 49.6 Å². The Hall–Kier alpha value is -3.20. The van der Waals surface area contributed by atoms with Crippen LogP contribution in [0.25, 0.3) is 10.9 Å². The third-order valence-electron chi connectivity index (χ3n) is 7.71. The van der Waals surface area contributed by atoms with Crippen molar-refractivity contribution in [3.63, 3.8) is 0 Å². The molecular weight excluding hydrogens is 490 g/mol. The first-order chi connectivity index (χ1) is 17.9. The third kappa shape index (κ3) is 5.14. The Morgan fingerprint density at radius 2 is 1.62 bits per heavy atom. The summed E-state index contributed by atoms with van der Waals surface area (Å²) in [5.41, 5.74) is 1.32. The van der Waals surface area contributed by atoms with Crippen molar-refractivity contribution in [1.82, 2.24) is 9.13 Å². The number of hydrogen-bond acceptors (Lipinski definition) is 5. The summed E-state index contributed by atoms with van der Waals surface area (Å²) in [7, 11) is -3.28. The van der Waals surface area contributed by atoms with Crippen LogP contribution in [0.2, 0.25) is 0 Å². The number of para-hydroxylation sites is 2. The summed E-state index contributed by atoms with van der Waals surface area (Å²) in [6.07, 6.45) is 6.21. The minimum atomic E-state index is -3.28. The van der Waals surface area contributed by atoms with Gasteiger partial charge < -0.3 is 4.90 Å². The Balaban J connectivity index is 1.43. The summed E-state index contributed by atoms with van der Waals surface area (Å²) >= 11 is 0. The van der Waals surface area contributed by atoms with Gasteiger partial charge >= 0.3 is 5.69 Å². The number of benzene rings is 2. The van der Waals surface area contributed by atoms with Crippen molar-refractivity contribution in [2.24, 2.45) is 0 Å². The SMILES string of the molecule is O=C(Cn1c(=O)n(CCCS(=O)(=O)C2CCCCC2)c(=O)c2ccccc21)N1CCCc2ccccc21. The van der Waals surface area contributed by atoms with Crippen LogP contribution in [0.5, 0.6) is 0 Å². The van der Waals surface area contributed by atoms with E-state index in [1.54, 1.807) is 29.2 Å². The minimum absolute atomic E-state index is 0.00477. The van der Waals surface area contributed by atoms with Gasteiger partial charge in [-0.3, -0.25) is 18.7 Å². The lowest BCUT2D eigenvalue weighted by molar-refractivity contribution is -0.119. The first kappa shape index (κ1) is 25.4. The third-order valence-corrected chi connectivity index (χ3v) is 10.1. The fraction of sp³-hybridized carbons (Fsp3) is 0.464. The number of amides is 1. The summed E-state index contributed by atoms with van der Waals surface area (Å²) in [6.45, 7) is 0.366. The zero-order chi connectivity index (χ0) is 26.0. The van der Waals surface area contributed by atoms with Crippen LogP contribution in [0, 0.1) is 0 Å². The van der Waals surface area contributed by atoms with Crippen LogP contribution in [0.3, 0.4) is 0 Å². The molecule has 2 heterocycles. The molecule has 1 aliphatic carbocycles. The Morgan fingerprint density at radius 1 is 0.892 bits per heavy atom. The maximum atomic E-state index is 13.5. The number of fused-ring (bicyclic) bond motifs is 2. The van der Waals surface area contributed by atoms with Crippen molar-refractivity contribution in [1.29, 1.82) is 0 Å². The average Bonchev–Trinajstić information content (AvgIpc) is 2.93. The molecule has 0 bridgehead atoms. The monoisotopic (exact) mass is 523 g/mol. The van der Waals surface area contributed by atoms with Gasteiger partial charge in [-0.15, -0.1) is 0 Å². The molecule has 2 aliphatic rings. The molecule has 1 aromatic heterocycles. The van der Waals surface area contributed by atoms with Gasteiger partial charge in [-0.05, 0) is 55.9 Å². The summed E-state index contributed by atoms with van der Waals surface area (Å²) in [5, 5.41) is 0.0142. The second-order valence-corrected chi connectivity index (χ2v) is 12.5. The van der Waals surface area contributed by atoms with Crippen molar-refractivity contribution in [2.75, 3.05) is 17.2 Å². The summed E-state index contributed by atoms with van der Waals surface area (Å²) in [4.78, 5) is 41.9. The number of nitrogens with zero attached hydrogens (tertiary/aromatic N) is 3. The Labute approximate surface area is 216 Å². The number of aromatic nitrogens is 2. The molecule has 5 rings (SSSR count). The maximum absolute atomic E-state index is 13.5. The van der Waals surface area contributed by atoms with E-state index < -0.39 is 21.1 Å². The standard InChI is InChI=1S/C28H33N3O5S/c32-26(29-17-8-11-21-10-4-6-15-24(21)29)20-31-25-16-7-5-14-23(25)27(33)30(28(31)34)18-9-19-37(35,36)22-12-2-1-3-13-22/h4-7,10,14-16,22H,1-3,8-9,11-13,17-20H2. The number of carbonyl (C=O) groups excluding carboxylic acids is 1. The van der Waals surface area contributed by atoms with Gasteiger partial charge in [-0.25, -0.2) is 13.2 Å². The highest BCUT2D eigenvalue weighted by Gasteiger charge is 2.27. The molecule has 0 atom stereocenters. The molecule has 196 valence electrons. The van der Waals surface area contributed by atoms with E-state index >= 15 is 0 Å². The molecule has 0 N–H and O–H groups in total. The van der Waals surface area contributed by atoms with Crippen LogP contribution < -0.4 is 16.1 Å². The van der Waals surface area contributed by atoms with Crippen LogP contribution in [0.1, 0.15) is 50.5 Å². The maximum Gasteiger partial charge on any atom is 0.331 e. The molecule has 0 unspecified atom stereocenters. The molecule has 0 saturated heterocycles. The molecule has 1 saturated carbocycles. The van der Waals surface area contributed by atoms with E-state index in [1.165, 1.54) is 4.57 Å². The number of hydrogen-bond donors (Lipinski definition) is 0. The highest BCUT2D eigenvalue weighted by atomic mass is 32.2. The summed E-state index contributed by atoms with van der Waals surface area (Å²) in [6, 6.07) is 14.6. The first-order valence-electron chi connectivity index (χ1n) is 13.2. The molecule has 37 heavy (non-hydrogen) atoms. The zero-order valence-electron chi connectivity index (χ0n) is 21.0. The van der Waals surface area contributed by atoms with E-state index in [4.69, 9.17) is 0 Å². The van der Waals surface area contributed by atoms with E-state index in [0.29, 0.717) is 30.3 Å². The molecule has 9 heteroatoms. The van der Waals surface area contributed by atoms with E-state index in [-0.39, 0.29) is 36.4 Å². The van der Waals surface area contributed by atoms with Gasteiger partial charge in [0.1, 0.15) is 6.54 Å². The number of carbonyl (C=O) groups is 1. The van der Waals surface area contributed by atoms with Gasteiger partial charge in [0.15, 0.2) is 9.84 Å². The second-order valence-electron chi connectivity index (χ2n) is 10.1. The molecular formula is C28H33N3O5S. The van der Waals surface area contributed by atoms with Crippen LogP contribution in [-0.2, 0) is 34.1 Å². The van der Waals surface area contributed by atoms with Gasteiger partial charge in [-0.2, -0.15) is 0 Å². The number of rotatable bonds is 7. The molecule has 2 aromatic carbocycles. The predicted molar refractivity (Wildman–Crippen MR) is 145 cm³/mol. The molecule has 1 aliphatic heterocycles. The number of aryl methyl sites for hydroxylation is 1. The van der Waals surface area contributed by atoms with Crippen LogP contribution in [0.15, 0.2) is 58.1 Å². The highest BCUT2D eigenvalue weighted by molar-refractivity contribution is 7.92. The molecule has 8 nitrogen and oxygen atoms in total. The Bertz CT molecular complexity index is 1530. The van der Waals surface area contributed by atoms with E-state index in [0.717, 1.165) is 47.9 Å². The molecule has 1 amide bonds. The fourth-order valence-electron chi connectivity index (χ4n) is 5.75. The lowest BCUT2D eigenvalue weighted by Gasteiger charge is -2.30. The van der Waals surface area contributed by atoms with Crippen LogP contribution >= 0.6 is 0 Å². The quantitative estimate of drug-likeness (QED) is 0.473. The normalized spacial score (nSPS) is 16.6. The predicted octanol–water partition coefficient (Wildman–Crippen LogP) is 3.28. The van der Waals surface area contributed by atoms with E-state index in [1.807, 2.05) is 24.3 Å². The van der Waals surface area contributed by atoms with Crippen LogP contribution in [0.4, 0.5) is 5.69 Å². The fourth-order valence-corrected chi connectivity index (χ4v) is 7.67. The van der Waals surface area contributed by atoms with Gasteiger partial charge in [0.25, 0.3) is 5.56 Å². The summed E-state index contributed by atoms with van der Waals surface area (Å²) in [5.74, 6) is -0.274. The minimum Gasteiger partial charge on any atom is -0.311 e. The number of anilines is 1. The van der Waals surface area contributed by atoms with Crippen molar-refractivity contribution in [2.45, 2.75) is 69.7 Å². The largest absolute Gasteiger partial charge is 0.331 e. The van der Waals surface area contributed by atoms with Crippen LogP contribution in [-0.4, -0.2) is 41.0 Å². The van der Waals surface area contributed by atoms with Crippen molar-refractivity contribution >= 4 is 32.3 Å². The average molecular weight is 524 g/mol. The first-order valence-corrected chi connectivity index (χ1v) is 14.9. The van der Waals surface area contributed by atoms with E-state index in [9.17, 15) is 22.8 Å². The number of sulfone groups is 1. The molecule has 0 spiro atoms.